The Balaban J connectivity index is 2.62. The molecule has 0 spiro atoms. The third-order valence-electron chi connectivity index (χ3n) is 2.79. The van der Waals surface area contributed by atoms with E-state index in [-0.39, 0.29) is 11.5 Å². The second kappa shape index (κ2) is 7.88. The van der Waals surface area contributed by atoms with E-state index in [1.54, 1.807) is 24.3 Å². The molecule has 21 heavy (non-hydrogen) atoms. The van der Waals surface area contributed by atoms with Crippen LogP contribution in [0.25, 0.3) is 0 Å². The minimum Gasteiger partial charge on any atom is -0.366 e. The molecule has 7 nitrogen and oxygen atoms in total. The molecule has 1 aromatic carbocycles. The van der Waals surface area contributed by atoms with Gasteiger partial charge in [-0.05, 0) is 38.5 Å². The number of nitrogens with one attached hydrogen (secondary N) is 2. The fraction of sp³-hybridized carbons (Fsp3) is 0.357. The molecule has 0 heterocycles. The van der Waals surface area contributed by atoms with Crippen LogP contribution in [0.2, 0.25) is 0 Å². The Morgan fingerprint density at radius 2 is 1.90 bits per heavy atom. The number of hydrogen-bond acceptors (Lipinski definition) is 6. The highest BCUT2D eigenvalue weighted by Crippen LogP contribution is 2.11. The van der Waals surface area contributed by atoms with E-state index in [1.165, 1.54) is 0 Å². The van der Waals surface area contributed by atoms with Gasteiger partial charge >= 0.3 is 0 Å². The molecule has 0 fully saturated rings. The molecule has 0 saturated heterocycles. The molecule has 2 N–H and O–H groups in total. The summed E-state index contributed by atoms with van der Waals surface area (Å²) in [5.41, 5.74) is 10.8. The van der Waals surface area contributed by atoms with Gasteiger partial charge in [0.05, 0.1) is 5.71 Å². The number of anilines is 1. The summed E-state index contributed by atoms with van der Waals surface area (Å²) in [7, 11) is 0. The number of aliphatic imine (C=N–C) groups is 1. The first-order valence-electron chi connectivity index (χ1n) is 6.45. The van der Waals surface area contributed by atoms with E-state index in [4.69, 9.17) is 5.53 Å². The number of rotatable bonds is 7. The standard InChI is InChI=1S/C14H19N5O2/c1-10(2)14(18-15)11(3)16-9-17-13-6-4-12(5-7-13)8-19(20)21/h4-7,15,17H,8-9H2,1-3H3. The summed E-state index contributed by atoms with van der Waals surface area (Å²) in [6.45, 7) is 5.75. The first-order chi connectivity index (χ1) is 9.93. The number of allylic oxidation sites excluding steroid dienone is 2. The van der Waals surface area contributed by atoms with E-state index >= 15 is 0 Å². The Labute approximate surface area is 123 Å². The highest BCUT2D eigenvalue weighted by Gasteiger charge is 2.02. The molecule has 0 bridgehead atoms. The van der Waals surface area contributed by atoms with Gasteiger partial charge in [0.25, 0.3) is 0 Å². The van der Waals surface area contributed by atoms with E-state index in [2.05, 4.69) is 15.4 Å². The average Bonchev–Trinajstić information content (AvgIpc) is 2.40. The molecule has 7 heteroatoms. The third-order valence-corrected chi connectivity index (χ3v) is 2.79. The lowest BCUT2D eigenvalue weighted by molar-refractivity contribution is -0.496. The molecular formula is C14H19N5O2. The Bertz CT molecular complexity index is 572. The molecule has 112 valence electrons. The van der Waals surface area contributed by atoms with Gasteiger partial charge in [-0.15, -0.1) is 0 Å². The van der Waals surface area contributed by atoms with Crippen LogP contribution in [0.4, 0.5) is 5.69 Å². The van der Waals surface area contributed by atoms with Crippen molar-refractivity contribution in [2.75, 3.05) is 12.0 Å². The normalized spacial score (nSPS) is 10.9. The lowest BCUT2D eigenvalue weighted by atomic mass is 10.2. The van der Waals surface area contributed by atoms with Crippen molar-refractivity contribution in [3.63, 3.8) is 0 Å². The lowest BCUT2D eigenvalue weighted by Gasteiger charge is -2.06. The van der Waals surface area contributed by atoms with Crippen LogP contribution >= 0.6 is 0 Å². The maximum absolute atomic E-state index is 10.4. The summed E-state index contributed by atoms with van der Waals surface area (Å²) in [6.07, 6.45) is 0. The number of nitro groups is 1. The van der Waals surface area contributed by atoms with E-state index in [1.807, 2.05) is 20.8 Å². The summed E-state index contributed by atoms with van der Waals surface area (Å²) >= 11 is 0. The fourth-order valence-corrected chi connectivity index (χ4v) is 1.76. The van der Waals surface area contributed by atoms with E-state index in [0.29, 0.717) is 23.6 Å². The summed E-state index contributed by atoms with van der Waals surface area (Å²) < 4.78 is 0. The van der Waals surface area contributed by atoms with Gasteiger partial charge in [-0.3, -0.25) is 15.1 Å². The Morgan fingerprint density at radius 3 is 2.38 bits per heavy atom. The van der Waals surface area contributed by atoms with Gasteiger partial charge in [-0.25, -0.2) is 5.53 Å². The van der Waals surface area contributed by atoms with Crippen molar-refractivity contribution in [3.05, 3.63) is 51.2 Å². The van der Waals surface area contributed by atoms with Crippen molar-refractivity contribution < 1.29 is 4.92 Å². The highest BCUT2D eigenvalue weighted by molar-refractivity contribution is 5.98. The number of benzene rings is 1. The van der Waals surface area contributed by atoms with Crippen molar-refractivity contribution in [1.82, 2.24) is 0 Å². The van der Waals surface area contributed by atoms with Gasteiger partial charge in [-0.1, -0.05) is 12.1 Å². The zero-order valence-electron chi connectivity index (χ0n) is 12.4. The second-order valence-electron chi connectivity index (χ2n) is 4.73. The smallest absolute Gasteiger partial charge is 0.228 e. The van der Waals surface area contributed by atoms with Gasteiger partial charge in [0, 0.05) is 16.2 Å². The molecule has 0 aliphatic heterocycles. The molecule has 0 atom stereocenters. The molecule has 1 rings (SSSR count). The zero-order valence-corrected chi connectivity index (χ0v) is 12.4. The van der Waals surface area contributed by atoms with E-state index < -0.39 is 0 Å². The molecule has 0 aliphatic rings. The van der Waals surface area contributed by atoms with E-state index in [0.717, 1.165) is 11.3 Å². The van der Waals surface area contributed by atoms with Crippen LogP contribution in [0.1, 0.15) is 26.3 Å². The van der Waals surface area contributed by atoms with Gasteiger partial charge in [0.15, 0.2) is 0 Å². The van der Waals surface area contributed by atoms with Crippen molar-refractivity contribution in [2.24, 2.45) is 10.1 Å². The van der Waals surface area contributed by atoms with E-state index in [9.17, 15) is 10.1 Å². The lowest BCUT2D eigenvalue weighted by Crippen LogP contribution is -2.04. The molecule has 0 aromatic heterocycles. The molecular weight excluding hydrogens is 270 g/mol. The average molecular weight is 289 g/mol. The summed E-state index contributed by atoms with van der Waals surface area (Å²) in [5, 5.41) is 16.9. The maximum atomic E-state index is 10.4. The van der Waals surface area contributed by atoms with Crippen molar-refractivity contribution >= 4 is 11.4 Å². The zero-order chi connectivity index (χ0) is 15.8. The second-order valence-corrected chi connectivity index (χ2v) is 4.73. The van der Waals surface area contributed by atoms with Crippen molar-refractivity contribution in [2.45, 2.75) is 27.3 Å². The monoisotopic (exact) mass is 289 g/mol. The Kier molecular flexibility index (Phi) is 6.19. The van der Waals surface area contributed by atoms with Crippen LogP contribution < -0.4 is 5.32 Å². The largest absolute Gasteiger partial charge is 0.366 e. The minimum absolute atomic E-state index is 0.174. The molecule has 1 aromatic rings. The highest BCUT2D eigenvalue weighted by atomic mass is 16.6. The van der Waals surface area contributed by atoms with Crippen LogP contribution in [0.5, 0.6) is 0 Å². The topological polar surface area (TPSA) is 104 Å². The molecule has 0 unspecified atom stereocenters. The maximum Gasteiger partial charge on any atom is 0.228 e. The Morgan fingerprint density at radius 1 is 1.29 bits per heavy atom. The predicted molar refractivity (Wildman–Crippen MR) is 82.3 cm³/mol. The summed E-state index contributed by atoms with van der Waals surface area (Å²) in [4.78, 5) is 14.3. The molecule has 0 amide bonds. The van der Waals surface area contributed by atoms with Crippen molar-refractivity contribution in [1.29, 1.82) is 5.53 Å². The SMILES string of the molecule is CC(=NCNc1ccc(C[N+](=O)[O-])cc1)C(N=N)=C(C)C. The van der Waals surface area contributed by atoms with Crippen LogP contribution in [0.3, 0.4) is 0 Å². The first kappa shape index (κ1) is 16.5. The number of hydrogen-bond donors (Lipinski definition) is 2. The fourth-order valence-electron chi connectivity index (χ4n) is 1.76. The van der Waals surface area contributed by atoms with Crippen LogP contribution in [-0.4, -0.2) is 17.3 Å². The minimum atomic E-state index is -0.360. The molecule has 0 radical (unpaired) electrons. The summed E-state index contributed by atoms with van der Waals surface area (Å²) in [6, 6.07) is 6.98. The van der Waals surface area contributed by atoms with Crippen LogP contribution in [0.15, 0.2) is 45.6 Å². The quantitative estimate of drug-likeness (QED) is 0.346. The van der Waals surface area contributed by atoms with Crippen LogP contribution in [0, 0.1) is 15.6 Å². The van der Waals surface area contributed by atoms with Gasteiger partial charge in [-0.2, -0.15) is 5.11 Å². The van der Waals surface area contributed by atoms with Gasteiger partial charge < -0.3 is 5.32 Å². The number of nitrogens with zero attached hydrogens (tertiary/aromatic N) is 3. The molecule has 0 aliphatic carbocycles. The Hall–Kier alpha value is -2.57. The summed E-state index contributed by atoms with van der Waals surface area (Å²) in [5.74, 6) is 0. The third kappa shape index (κ3) is 5.52. The van der Waals surface area contributed by atoms with Crippen molar-refractivity contribution in [3.8, 4) is 0 Å². The first-order valence-corrected chi connectivity index (χ1v) is 6.45. The predicted octanol–water partition coefficient (Wildman–Crippen LogP) is 3.62. The van der Waals surface area contributed by atoms with Gasteiger partial charge in [0.2, 0.25) is 6.54 Å². The molecule has 0 saturated carbocycles. The van der Waals surface area contributed by atoms with Gasteiger partial charge in [0.1, 0.15) is 12.4 Å². The van der Waals surface area contributed by atoms with Crippen LogP contribution in [-0.2, 0) is 6.54 Å².